The fraction of sp³-hybridized carbons (Fsp3) is 0.885. The predicted octanol–water partition coefficient (Wildman–Crippen LogP) is 5.21. The number of rotatable bonds is 23. The van der Waals surface area contributed by atoms with E-state index in [1.807, 2.05) is 0 Å². The van der Waals surface area contributed by atoms with Crippen molar-refractivity contribution in [1.29, 1.82) is 0 Å². The van der Waals surface area contributed by atoms with Gasteiger partial charge in [0.15, 0.2) is 5.90 Å². The summed E-state index contributed by atoms with van der Waals surface area (Å²) in [4.78, 5) is 4.74. The third-order valence-corrected chi connectivity index (χ3v) is 5.73. The lowest BCUT2D eigenvalue weighted by molar-refractivity contribution is -0.00334. The Bertz CT molecular complexity index is 471. The fourth-order valence-electron chi connectivity index (χ4n) is 3.86. The topological polar surface area (TPSA) is 80.5 Å². The first-order chi connectivity index (χ1) is 15.8. The molecule has 0 saturated heterocycles. The molecule has 188 valence electrons. The molecule has 6 heteroatoms. The van der Waals surface area contributed by atoms with Crippen molar-refractivity contribution < 1.29 is 24.4 Å². The van der Waals surface area contributed by atoms with E-state index in [4.69, 9.17) is 29.4 Å². The highest BCUT2D eigenvalue weighted by Crippen LogP contribution is 2.23. The molecule has 0 aromatic heterocycles. The highest BCUT2D eigenvalue weighted by Gasteiger charge is 2.37. The van der Waals surface area contributed by atoms with Crippen molar-refractivity contribution in [3.05, 3.63) is 12.2 Å². The van der Waals surface area contributed by atoms with Gasteiger partial charge in [0.05, 0.1) is 39.6 Å². The maximum Gasteiger partial charge on any atom is 0.184 e. The van der Waals surface area contributed by atoms with Gasteiger partial charge in [-0.3, -0.25) is 0 Å². The van der Waals surface area contributed by atoms with E-state index < -0.39 is 5.54 Å². The highest BCUT2D eigenvalue weighted by molar-refractivity contribution is 5.78. The smallest absolute Gasteiger partial charge is 0.184 e. The average molecular weight is 456 g/mol. The number of ether oxygens (including phenoxy) is 3. The zero-order valence-corrected chi connectivity index (χ0v) is 20.6. The molecule has 0 aliphatic carbocycles. The van der Waals surface area contributed by atoms with Crippen LogP contribution in [0.25, 0.3) is 0 Å². The molecular formula is C26H49NO5. The molecular weight excluding hydrogens is 406 g/mol. The molecule has 0 atom stereocenters. The van der Waals surface area contributed by atoms with Gasteiger partial charge >= 0.3 is 0 Å². The molecule has 32 heavy (non-hydrogen) atoms. The Kier molecular flexibility index (Phi) is 18.8. The maximum atomic E-state index is 8.93. The summed E-state index contributed by atoms with van der Waals surface area (Å²) in [6.45, 7) is 3.94. The minimum absolute atomic E-state index is 0.0140. The molecule has 2 N–H and O–H groups in total. The predicted molar refractivity (Wildman–Crippen MR) is 131 cm³/mol. The van der Waals surface area contributed by atoms with E-state index >= 15 is 0 Å². The standard InChI is InChI=1S/C26H49NO5/c1-2-3-4-5-6-7-8-9-10-11-12-13-14-15-16-17-25-27-26(24-32-25,22-30-20-18-28)23-31-21-19-29/h9-10,28-29H,2-8,11-24H2,1H3. The Balaban J connectivity index is 2.07. The number of hydrogen-bond donors (Lipinski definition) is 2. The Hall–Kier alpha value is -0.950. The third kappa shape index (κ3) is 15.0. The van der Waals surface area contributed by atoms with E-state index in [2.05, 4.69) is 19.1 Å². The van der Waals surface area contributed by atoms with E-state index in [-0.39, 0.29) is 26.4 Å². The average Bonchev–Trinajstić information content (AvgIpc) is 3.20. The Labute approximate surface area is 196 Å². The molecule has 0 bridgehead atoms. The van der Waals surface area contributed by atoms with Crippen LogP contribution >= 0.6 is 0 Å². The van der Waals surface area contributed by atoms with Crippen LogP contribution in [0.2, 0.25) is 0 Å². The first-order valence-electron chi connectivity index (χ1n) is 13.0. The normalized spacial score (nSPS) is 15.4. The van der Waals surface area contributed by atoms with Crippen LogP contribution in [0, 0.1) is 0 Å². The molecule has 0 aromatic rings. The zero-order valence-electron chi connectivity index (χ0n) is 20.6. The number of aliphatic imine (C=N–C) groups is 1. The Morgan fingerprint density at radius 2 is 1.34 bits per heavy atom. The monoisotopic (exact) mass is 455 g/mol. The Morgan fingerprint density at radius 3 is 1.91 bits per heavy atom. The van der Waals surface area contributed by atoms with Crippen LogP contribution in [0.1, 0.15) is 96.8 Å². The summed E-state index contributed by atoms with van der Waals surface area (Å²) in [5, 5.41) is 17.9. The van der Waals surface area contributed by atoms with Gasteiger partial charge in [0.2, 0.25) is 0 Å². The molecule has 0 saturated carbocycles. The van der Waals surface area contributed by atoms with Crippen LogP contribution in [0.3, 0.4) is 0 Å². The lowest BCUT2D eigenvalue weighted by Gasteiger charge is -2.23. The van der Waals surface area contributed by atoms with Gasteiger partial charge in [0.25, 0.3) is 0 Å². The molecule has 0 spiro atoms. The molecule has 0 aromatic carbocycles. The lowest BCUT2D eigenvalue weighted by Crippen LogP contribution is -2.40. The molecule has 1 aliphatic heterocycles. The van der Waals surface area contributed by atoms with E-state index in [9.17, 15) is 0 Å². The van der Waals surface area contributed by atoms with Gasteiger partial charge in [-0.05, 0) is 32.1 Å². The summed E-state index contributed by atoms with van der Waals surface area (Å²) >= 11 is 0. The number of unbranched alkanes of at least 4 members (excludes halogenated alkanes) is 11. The van der Waals surface area contributed by atoms with Crippen molar-refractivity contribution in [3.63, 3.8) is 0 Å². The summed E-state index contributed by atoms with van der Waals surface area (Å²) in [5.74, 6) is 0.780. The lowest BCUT2D eigenvalue weighted by atomic mass is 10.1. The van der Waals surface area contributed by atoms with Gasteiger partial charge < -0.3 is 24.4 Å². The zero-order chi connectivity index (χ0) is 23.2. The fourth-order valence-corrected chi connectivity index (χ4v) is 3.86. The van der Waals surface area contributed by atoms with Crippen molar-refractivity contribution in [3.8, 4) is 0 Å². The van der Waals surface area contributed by atoms with Crippen LogP contribution in [0.5, 0.6) is 0 Å². The Morgan fingerprint density at radius 1 is 0.812 bits per heavy atom. The third-order valence-electron chi connectivity index (χ3n) is 5.73. The van der Waals surface area contributed by atoms with Crippen LogP contribution in [-0.4, -0.2) is 67.9 Å². The SMILES string of the molecule is CCCCCCCCC=CCCCCCCCC1=NC(COCCO)(COCCO)CO1. The van der Waals surface area contributed by atoms with Gasteiger partial charge in [-0.2, -0.15) is 0 Å². The van der Waals surface area contributed by atoms with Crippen molar-refractivity contribution in [1.82, 2.24) is 0 Å². The first-order valence-corrected chi connectivity index (χ1v) is 13.0. The second kappa shape index (κ2) is 20.6. The van der Waals surface area contributed by atoms with Gasteiger partial charge in [-0.15, -0.1) is 0 Å². The summed E-state index contributed by atoms with van der Waals surface area (Å²) < 4.78 is 16.8. The number of nitrogens with zero attached hydrogens (tertiary/aromatic N) is 1. The first kappa shape index (κ1) is 29.1. The molecule has 1 aliphatic rings. The van der Waals surface area contributed by atoms with Gasteiger partial charge in [0, 0.05) is 6.42 Å². The van der Waals surface area contributed by atoms with Crippen molar-refractivity contribution >= 4 is 5.90 Å². The van der Waals surface area contributed by atoms with Crippen molar-refractivity contribution in [2.24, 2.45) is 4.99 Å². The van der Waals surface area contributed by atoms with E-state index in [0.717, 1.165) is 18.7 Å². The van der Waals surface area contributed by atoms with Crippen LogP contribution < -0.4 is 0 Å². The van der Waals surface area contributed by atoms with E-state index in [0.29, 0.717) is 19.8 Å². The molecule has 6 nitrogen and oxygen atoms in total. The minimum atomic E-state index is -0.554. The van der Waals surface area contributed by atoms with Gasteiger partial charge in [0.1, 0.15) is 12.1 Å². The second-order valence-electron chi connectivity index (χ2n) is 8.91. The number of aliphatic hydroxyl groups excluding tert-OH is 2. The minimum Gasteiger partial charge on any atom is -0.478 e. The van der Waals surface area contributed by atoms with Crippen molar-refractivity contribution in [2.45, 2.75) is 102 Å². The number of hydrogen-bond acceptors (Lipinski definition) is 6. The molecule has 1 heterocycles. The largest absolute Gasteiger partial charge is 0.478 e. The van der Waals surface area contributed by atoms with Crippen molar-refractivity contribution in [2.75, 3.05) is 46.2 Å². The summed E-state index contributed by atoms with van der Waals surface area (Å²) in [6, 6.07) is 0. The molecule has 1 rings (SSSR count). The molecule has 0 unspecified atom stereocenters. The molecule has 0 radical (unpaired) electrons. The van der Waals surface area contributed by atoms with E-state index in [1.165, 1.54) is 77.0 Å². The quantitative estimate of drug-likeness (QED) is 0.163. The van der Waals surface area contributed by atoms with Gasteiger partial charge in [-0.25, -0.2) is 4.99 Å². The number of allylic oxidation sites excluding steroid dienone is 2. The van der Waals surface area contributed by atoms with Crippen LogP contribution in [0.4, 0.5) is 0 Å². The molecule has 0 amide bonds. The summed E-state index contributed by atoms with van der Waals surface area (Å²) in [5.41, 5.74) is -0.554. The summed E-state index contributed by atoms with van der Waals surface area (Å²) in [6.07, 6.45) is 22.3. The number of aliphatic hydroxyl groups is 2. The summed E-state index contributed by atoms with van der Waals surface area (Å²) in [7, 11) is 0. The van der Waals surface area contributed by atoms with Crippen LogP contribution in [-0.2, 0) is 14.2 Å². The molecule has 0 fully saturated rings. The second-order valence-corrected chi connectivity index (χ2v) is 8.91. The van der Waals surface area contributed by atoms with Gasteiger partial charge in [-0.1, -0.05) is 70.4 Å². The maximum absolute atomic E-state index is 8.93. The van der Waals surface area contributed by atoms with Crippen LogP contribution in [0.15, 0.2) is 17.1 Å². The van der Waals surface area contributed by atoms with E-state index in [1.54, 1.807) is 0 Å². The highest BCUT2D eigenvalue weighted by atomic mass is 16.5.